The minimum absolute atomic E-state index is 0.266. The molecule has 0 atom stereocenters. The first-order valence-corrected chi connectivity index (χ1v) is 9.50. The zero-order valence-electron chi connectivity index (χ0n) is 17.5. The molecule has 3 aromatic rings. The molecule has 1 aromatic carbocycles. The summed E-state index contributed by atoms with van der Waals surface area (Å²) >= 11 is 0. The molecule has 156 valence electrons. The molecule has 0 unspecified atom stereocenters. The van der Waals surface area contributed by atoms with Gasteiger partial charge in [0.1, 0.15) is 17.7 Å². The monoisotopic (exact) mass is 407 g/mol. The SMILES string of the molecule is CN(Cc1cccc(NC(=O)c2ccc(-n3ccnc3)nc2)c1)C(=O)OC(C)(C)C. The van der Waals surface area contributed by atoms with E-state index < -0.39 is 11.7 Å². The number of carbonyl (C=O) groups excluding carboxylic acids is 2. The van der Waals surface area contributed by atoms with Gasteiger partial charge in [-0.25, -0.2) is 14.8 Å². The number of hydrogen-bond donors (Lipinski definition) is 1. The first kappa shape index (κ1) is 21.0. The normalized spacial score (nSPS) is 11.1. The number of ether oxygens (including phenoxy) is 1. The molecule has 8 nitrogen and oxygen atoms in total. The number of imidazole rings is 1. The van der Waals surface area contributed by atoms with Crippen molar-refractivity contribution in [1.29, 1.82) is 0 Å². The lowest BCUT2D eigenvalue weighted by Crippen LogP contribution is -2.33. The van der Waals surface area contributed by atoms with Crippen LogP contribution in [0.25, 0.3) is 5.82 Å². The highest BCUT2D eigenvalue weighted by Crippen LogP contribution is 2.16. The minimum Gasteiger partial charge on any atom is -0.444 e. The van der Waals surface area contributed by atoms with Gasteiger partial charge in [0, 0.05) is 37.9 Å². The number of hydrogen-bond acceptors (Lipinski definition) is 5. The van der Waals surface area contributed by atoms with Gasteiger partial charge in [0.05, 0.1) is 5.56 Å². The summed E-state index contributed by atoms with van der Waals surface area (Å²) in [5.74, 6) is 0.411. The summed E-state index contributed by atoms with van der Waals surface area (Å²) < 4.78 is 7.12. The zero-order valence-corrected chi connectivity index (χ0v) is 17.5. The van der Waals surface area contributed by atoms with Crippen LogP contribution in [0.4, 0.5) is 10.5 Å². The van der Waals surface area contributed by atoms with Crippen LogP contribution in [0, 0.1) is 0 Å². The van der Waals surface area contributed by atoms with Gasteiger partial charge in [-0.15, -0.1) is 0 Å². The molecule has 1 N–H and O–H groups in total. The molecule has 0 spiro atoms. The van der Waals surface area contributed by atoms with E-state index in [1.807, 2.05) is 39.0 Å². The van der Waals surface area contributed by atoms with Gasteiger partial charge in [-0.2, -0.15) is 0 Å². The number of pyridine rings is 1. The third-order valence-corrected chi connectivity index (χ3v) is 4.09. The molecule has 30 heavy (non-hydrogen) atoms. The van der Waals surface area contributed by atoms with E-state index in [4.69, 9.17) is 4.74 Å². The number of benzene rings is 1. The van der Waals surface area contributed by atoms with E-state index in [2.05, 4.69) is 15.3 Å². The van der Waals surface area contributed by atoms with Crippen LogP contribution in [0.15, 0.2) is 61.3 Å². The van der Waals surface area contributed by atoms with E-state index in [-0.39, 0.29) is 5.91 Å². The molecule has 2 heterocycles. The Kier molecular flexibility index (Phi) is 6.15. The molecule has 3 rings (SSSR count). The zero-order chi connectivity index (χ0) is 21.7. The lowest BCUT2D eigenvalue weighted by molar-refractivity contribution is 0.0285. The molecule has 0 bridgehead atoms. The number of anilines is 1. The van der Waals surface area contributed by atoms with Gasteiger partial charge in [0.2, 0.25) is 0 Å². The van der Waals surface area contributed by atoms with E-state index in [1.54, 1.807) is 48.5 Å². The van der Waals surface area contributed by atoms with Gasteiger partial charge in [0.25, 0.3) is 5.91 Å². The van der Waals surface area contributed by atoms with E-state index in [9.17, 15) is 9.59 Å². The highest BCUT2D eigenvalue weighted by molar-refractivity contribution is 6.04. The summed E-state index contributed by atoms with van der Waals surface area (Å²) in [5, 5.41) is 2.86. The molecule has 2 aromatic heterocycles. The minimum atomic E-state index is -0.553. The number of rotatable bonds is 5. The molecule has 0 aliphatic carbocycles. The Balaban J connectivity index is 1.63. The molecular weight excluding hydrogens is 382 g/mol. The van der Waals surface area contributed by atoms with Crippen LogP contribution in [0.2, 0.25) is 0 Å². The van der Waals surface area contributed by atoms with Gasteiger partial charge in [-0.05, 0) is 50.6 Å². The molecule has 0 aliphatic rings. The highest BCUT2D eigenvalue weighted by atomic mass is 16.6. The Hall–Kier alpha value is -3.68. The maximum atomic E-state index is 12.6. The molecule has 0 radical (unpaired) electrons. The second-order valence-corrected chi connectivity index (χ2v) is 7.87. The Labute approximate surface area is 175 Å². The Morgan fingerprint density at radius 1 is 1.20 bits per heavy atom. The van der Waals surface area contributed by atoms with Gasteiger partial charge in [-0.3, -0.25) is 9.36 Å². The van der Waals surface area contributed by atoms with Crippen molar-refractivity contribution in [2.45, 2.75) is 32.9 Å². The Morgan fingerprint density at radius 2 is 2.00 bits per heavy atom. The molecule has 0 saturated carbocycles. The lowest BCUT2D eigenvalue weighted by Gasteiger charge is -2.24. The lowest BCUT2D eigenvalue weighted by atomic mass is 10.1. The van der Waals surface area contributed by atoms with Gasteiger partial charge in [0.15, 0.2) is 0 Å². The van der Waals surface area contributed by atoms with E-state index in [0.29, 0.717) is 23.6 Å². The number of nitrogens with one attached hydrogen (secondary N) is 1. The van der Waals surface area contributed by atoms with Crippen molar-refractivity contribution in [2.75, 3.05) is 12.4 Å². The highest BCUT2D eigenvalue weighted by Gasteiger charge is 2.19. The van der Waals surface area contributed by atoms with E-state index >= 15 is 0 Å². The molecule has 0 saturated heterocycles. The van der Waals surface area contributed by atoms with Crippen LogP contribution in [0.3, 0.4) is 0 Å². The second-order valence-electron chi connectivity index (χ2n) is 7.87. The summed E-state index contributed by atoms with van der Waals surface area (Å²) in [6.45, 7) is 5.84. The first-order valence-electron chi connectivity index (χ1n) is 9.50. The standard InChI is InChI=1S/C22H25N5O3/c1-22(2,3)30-21(29)26(4)14-16-6-5-7-18(12-16)25-20(28)17-8-9-19(24-13-17)27-11-10-23-15-27/h5-13,15H,14H2,1-4H3,(H,25,28). The van der Waals surface area contributed by atoms with Crippen molar-refractivity contribution in [2.24, 2.45) is 0 Å². The maximum absolute atomic E-state index is 12.6. The molecule has 8 heteroatoms. The largest absolute Gasteiger partial charge is 0.444 e. The molecule has 2 amide bonds. The quantitative estimate of drug-likeness (QED) is 0.693. The van der Waals surface area contributed by atoms with Crippen LogP contribution in [-0.2, 0) is 11.3 Å². The Bertz CT molecular complexity index is 1010. The van der Waals surface area contributed by atoms with Gasteiger partial charge in [-0.1, -0.05) is 12.1 Å². The fourth-order valence-corrected chi connectivity index (χ4v) is 2.70. The smallest absolute Gasteiger partial charge is 0.410 e. The van der Waals surface area contributed by atoms with Crippen LogP contribution in [0.5, 0.6) is 0 Å². The number of amides is 2. The van der Waals surface area contributed by atoms with Crippen molar-refractivity contribution < 1.29 is 14.3 Å². The predicted molar refractivity (Wildman–Crippen MR) is 113 cm³/mol. The summed E-state index contributed by atoms with van der Waals surface area (Å²) in [6.07, 6.45) is 6.20. The van der Waals surface area contributed by atoms with Crippen LogP contribution in [-0.4, -0.2) is 44.1 Å². The van der Waals surface area contributed by atoms with Crippen LogP contribution < -0.4 is 5.32 Å². The van der Waals surface area contributed by atoms with Crippen molar-refractivity contribution in [1.82, 2.24) is 19.4 Å². The fraction of sp³-hybridized carbons (Fsp3) is 0.273. The fourth-order valence-electron chi connectivity index (χ4n) is 2.70. The first-order chi connectivity index (χ1) is 14.2. The average molecular weight is 407 g/mol. The third kappa shape index (κ3) is 5.66. The summed E-state index contributed by atoms with van der Waals surface area (Å²) in [6, 6.07) is 10.8. The number of nitrogens with zero attached hydrogens (tertiary/aromatic N) is 4. The second kappa shape index (κ2) is 8.77. The summed E-state index contributed by atoms with van der Waals surface area (Å²) in [7, 11) is 1.67. The summed E-state index contributed by atoms with van der Waals surface area (Å²) in [4.78, 5) is 34.5. The number of aromatic nitrogens is 3. The van der Waals surface area contributed by atoms with E-state index in [1.165, 1.54) is 11.1 Å². The van der Waals surface area contributed by atoms with Crippen LogP contribution >= 0.6 is 0 Å². The van der Waals surface area contributed by atoms with Gasteiger partial charge < -0.3 is 15.0 Å². The van der Waals surface area contributed by atoms with Crippen molar-refractivity contribution in [3.05, 3.63) is 72.4 Å². The maximum Gasteiger partial charge on any atom is 0.410 e. The molecular formula is C22H25N5O3. The third-order valence-electron chi connectivity index (χ3n) is 4.09. The molecule has 0 fully saturated rings. The van der Waals surface area contributed by atoms with E-state index in [0.717, 1.165) is 5.56 Å². The molecule has 0 aliphatic heterocycles. The predicted octanol–water partition coefficient (Wildman–Crippen LogP) is 3.89. The summed E-state index contributed by atoms with van der Waals surface area (Å²) in [5.41, 5.74) is 1.39. The van der Waals surface area contributed by atoms with Crippen LogP contribution in [0.1, 0.15) is 36.7 Å². The van der Waals surface area contributed by atoms with Crippen molar-refractivity contribution >= 4 is 17.7 Å². The Morgan fingerprint density at radius 3 is 2.63 bits per heavy atom. The topological polar surface area (TPSA) is 89.4 Å². The van der Waals surface area contributed by atoms with Crippen molar-refractivity contribution in [3.63, 3.8) is 0 Å². The average Bonchev–Trinajstić information content (AvgIpc) is 3.22. The van der Waals surface area contributed by atoms with Gasteiger partial charge >= 0.3 is 6.09 Å². The van der Waals surface area contributed by atoms with Crippen molar-refractivity contribution in [3.8, 4) is 5.82 Å². The number of carbonyl (C=O) groups is 2.